The standard InChI is InChI=1S/C12H19N5/c1-9(2)5-4-6-13-11-7-10(3)16-12-14-8-15-17(11)12/h7-9,13H,4-6H2,1-3H3. The number of hydrogen-bond donors (Lipinski definition) is 1. The predicted molar refractivity (Wildman–Crippen MR) is 68.1 cm³/mol. The minimum absolute atomic E-state index is 0.649. The molecule has 92 valence electrons. The molecule has 0 amide bonds. The van der Waals surface area contributed by atoms with Crippen LogP contribution in [0.15, 0.2) is 12.4 Å². The molecule has 0 unspecified atom stereocenters. The van der Waals surface area contributed by atoms with Gasteiger partial charge in [-0.15, -0.1) is 0 Å². The molecule has 0 bridgehead atoms. The van der Waals surface area contributed by atoms with Crippen LogP contribution >= 0.6 is 0 Å². The van der Waals surface area contributed by atoms with Crippen LogP contribution < -0.4 is 5.32 Å². The molecule has 0 atom stereocenters. The van der Waals surface area contributed by atoms with E-state index in [0.29, 0.717) is 5.78 Å². The Kier molecular flexibility index (Phi) is 3.56. The molecule has 0 aliphatic heterocycles. The third-order valence-corrected chi connectivity index (χ3v) is 2.64. The van der Waals surface area contributed by atoms with Crippen molar-refractivity contribution < 1.29 is 0 Å². The van der Waals surface area contributed by atoms with Crippen LogP contribution in [0.5, 0.6) is 0 Å². The molecule has 5 nitrogen and oxygen atoms in total. The molecule has 2 aromatic rings. The van der Waals surface area contributed by atoms with Gasteiger partial charge in [-0.3, -0.25) is 0 Å². The van der Waals surface area contributed by atoms with Crippen LogP contribution in [-0.4, -0.2) is 26.1 Å². The summed E-state index contributed by atoms with van der Waals surface area (Å²) < 4.78 is 1.74. The van der Waals surface area contributed by atoms with Crippen LogP contribution in [-0.2, 0) is 0 Å². The Morgan fingerprint density at radius 2 is 2.24 bits per heavy atom. The molecule has 0 fully saturated rings. The second-order valence-electron chi connectivity index (χ2n) is 4.72. The van der Waals surface area contributed by atoms with Gasteiger partial charge in [0.15, 0.2) is 0 Å². The maximum Gasteiger partial charge on any atom is 0.254 e. The summed E-state index contributed by atoms with van der Waals surface area (Å²) >= 11 is 0. The molecule has 0 spiro atoms. The molecule has 2 aromatic heterocycles. The Morgan fingerprint density at radius 3 is 3.00 bits per heavy atom. The highest BCUT2D eigenvalue weighted by atomic mass is 15.3. The number of aromatic nitrogens is 4. The van der Waals surface area contributed by atoms with Crippen molar-refractivity contribution in [2.45, 2.75) is 33.6 Å². The van der Waals surface area contributed by atoms with Gasteiger partial charge >= 0.3 is 0 Å². The van der Waals surface area contributed by atoms with E-state index in [1.165, 1.54) is 12.7 Å². The SMILES string of the molecule is Cc1cc(NCCCC(C)C)n2ncnc2n1. The first-order chi connectivity index (χ1) is 8.16. The van der Waals surface area contributed by atoms with Crippen molar-refractivity contribution in [2.75, 3.05) is 11.9 Å². The smallest absolute Gasteiger partial charge is 0.254 e. The minimum atomic E-state index is 0.649. The molecule has 0 aliphatic carbocycles. The van der Waals surface area contributed by atoms with Gasteiger partial charge in [-0.1, -0.05) is 13.8 Å². The lowest BCUT2D eigenvalue weighted by molar-refractivity contribution is 0.566. The number of anilines is 1. The first-order valence-electron chi connectivity index (χ1n) is 6.08. The molecule has 0 saturated carbocycles. The Labute approximate surface area is 101 Å². The maximum atomic E-state index is 4.30. The summed E-state index contributed by atoms with van der Waals surface area (Å²) in [4.78, 5) is 8.40. The normalized spacial score (nSPS) is 11.3. The van der Waals surface area contributed by atoms with Crippen LogP contribution in [0.4, 0.5) is 5.82 Å². The van der Waals surface area contributed by atoms with E-state index in [2.05, 4.69) is 34.2 Å². The van der Waals surface area contributed by atoms with E-state index in [-0.39, 0.29) is 0 Å². The van der Waals surface area contributed by atoms with Gasteiger partial charge in [0, 0.05) is 18.3 Å². The summed E-state index contributed by atoms with van der Waals surface area (Å²) in [6.45, 7) is 7.41. The highest BCUT2D eigenvalue weighted by molar-refractivity contribution is 5.44. The number of aryl methyl sites for hydroxylation is 1. The quantitative estimate of drug-likeness (QED) is 0.805. The van der Waals surface area contributed by atoms with Crippen molar-refractivity contribution in [3.63, 3.8) is 0 Å². The van der Waals surface area contributed by atoms with E-state index in [0.717, 1.165) is 30.4 Å². The van der Waals surface area contributed by atoms with E-state index in [1.807, 2.05) is 13.0 Å². The Balaban J connectivity index is 2.04. The topological polar surface area (TPSA) is 55.1 Å². The van der Waals surface area contributed by atoms with E-state index in [9.17, 15) is 0 Å². The highest BCUT2D eigenvalue weighted by Crippen LogP contribution is 2.11. The fraction of sp³-hybridized carbons (Fsp3) is 0.583. The zero-order valence-corrected chi connectivity index (χ0v) is 10.6. The average Bonchev–Trinajstić information content (AvgIpc) is 2.71. The molecule has 17 heavy (non-hydrogen) atoms. The second-order valence-corrected chi connectivity index (χ2v) is 4.72. The van der Waals surface area contributed by atoms with Crippen molar-refractivity contribution >= 4 is 11.6 Å². The molecule has 1 N–H and O–H groups in total. The maximum absolute atomic E-state index is 4.30. The summed E-state index contributed by atoms with van der Waals surface area (Å²) in [5, 5.41) is 7.54. The van der Waals surface area contributed by atoms with Crippen molar-refractivity contribution in [1.82, 2.24) is 19.6 Å². The fourth-order valence-electron chi connectivity index (χ4n) is 1.78. The van der Waals surface area contributed by atoms with Gasteiger partial charge in [0.05, 0.1) is 0 Å². The number of hydrogen-bond acceptors (Lipinski definition) is 4. The van der Waals surface area contributed by atoms with Gasteiger partial charge in [0.25, 0.3) is 5.78 Å². The van der Waals surface area contributed by atoms with Gasteiger partial charge in [0.2, 0.25) is 0 Å². The third-order valence-electron chi connectivity index (χ3n) is 2.64. The largest absolute Gasteiger partial charge is 0.370 e. The van der Waals surface area contributed by atoms with Gasteiger partial charge in [-0.25, -0.2) is 4.98 Å². The lowest BCUT2D eigenvalue weighted by Gasteiger charge is -2.09. The van der Waals surface area contributed by atoms with Crippen LogP contribution in [0, 0.1) is 12.8 Å². The number of nitrogens with one attached hydrogen (secondary N) is 1. The summed E-state index contributed by atoms with van der Waals surface area (Å²) in [5.74, 6) is 2.37. The lowest BCUT2D eigenvalue weighted by Crippen LogP contribution is -2.09. The number of fused-ring (bicyclic) bond motifs is 1. The molecule has 0 saturated heterocycles. The van der Waals surface area contributed by atoms with Crippen LogP contribution in [0.3, 0.4) is 0 Å². The van der Waals surface area contributed by atoms with Crippen molar-refractivity contribution in [1.29, 1.82) is 0 Å². The van der Waals surface area contributed by atoms with Crippen LogP contribution in [0.1, 0.15) is 32.4 Å². The van der Waals surface area contributed by atoms with Gasteiger partial charge in [0.1, 0.15) is 12.1 Å². The monoisotopic (exact) mass is 233 g/mol. The second kappa shape index (κ2) is 5.12. The van der Waals surface area contributed by atoms with E-state index in [1.54, 1.807) is 4.52 Å². The predicted octanol–water partition coefficient (Wildman–Crippen LogP) is 2.28. The van der Waals surface area contributed by atoms with E-state index < -0.39 is 0 Å². The highest BCUT2D eigenvalue weighted by Gasteiger charge is 2.04. The van der Waals surface area contributed by atoms with Crippen LogP contribution in [0.2, 0.25) is 0 Å². The van der Waals surface area contributed by atoms with Gasteiger partial charge in [-0.2, -0.15) is 14.6 Å². The minimum Gasteiger partial charge on any atom is -0.370 e. The van der Waals surface area contributed by atoms with Gasteiger partial charge in [-0.05, 0) is 25.7 Å². The fourth-order valence-corrected chi connectivity index (χ4v) is 1.78. The molecule has 0 aliphatic rings. The number of rotatable bonds is 5. The summed E-state index contributed by atoms with van der Waals surface area (Å²) in [7, 11) is 0. The first-order valence-corrected chi connectivity index (χ1v) is 6.08. The summed E-state index contributed by atoms with van der Waals surface area (Å²) in [6.07, 6.45) is 3.92. The average molecular weight is 233 g/mol. The zero-order valence-electron chi connectivity index (χ0n) is 10.6. The lowest BCUT2D eigenvalue weighted by atomic mass is 10.1. The Bertz CT molecular complexity index is 489. The van der Waals surface area contributed by atoms with E-state index in [4.69, 9.17) is 0 Å². The molecule has 0 radical (unpaired) electrons. The molecule has 0 aromatic carbocycles. The zero-order chi connectivity index (χ0) is 12.3. The summed E-state index contributed by atoms with van der Waals surface area (Å²) in [6, 6.07) is 2.00. The Hall–Kier alpha value is -1.65. The van der Waals surface area contributed by atoms with Gasteiger partial charge < -0.3 is 5.32 Å². The van der Waals surface area contributed by atoms with Crippen LogP contribution in [0.25, 0.3) is 5.78 Å². The Morgan fingerprint density at radius 1 is 1.41 bits per heavy atom. The van der Waals surface area contributed by atoms with E-state index >= 15 is 0 Å². The van der Waals surface area contributed by atoms with Crippen molar-refractivity contribution in [3.05, 3.63) is 18.1 Å². The molecular weight excluding hydrogens is 214 g/mol. The first kappa shape index (κ1) is 11.8. The summed E-state index contributed by atoms with van der Waals surface area (Å²) in [5.41, 5.74) is 0.955. The van der Waals surface area contributed by atoms with Crippen molar-refractivity contribution in [2.24, 2.45) is 5.92 Å². The molecule has 2 rings (SSSR count). The van der Waals surface area contributed by atoms with Crippen molar-refractivity contribution in [3.8, 4) is 0 Å². The molecular formula is C12H19N5. The molecule has 5 heteroatoms. The molecule has 2 heterocycles. The third kappa shape index (κ3) is 2.93. The number of nitrogens with zero attached hydrogens (tertiary/aromatic N) is 4.